The molecule has 0 bridgehead atoms. The van der Waals surface area contributed by atoms with Crippen molar-refractivity contribution in [2.24, 2.45) is 0 Å². The highest BCUT2D eigenvalue weighted by Gasteiger charge is 2.17. The van der Waals surface area contributed by atoms with Gasteiger partial charge in [0.1, 0.15) is 4.88 Å². The first kappa shape index (κ1) is 20.4. The Hall–Kier alpha value is -3.48. The number of fused-ring (bicyclic) bond motifs is 1. The van der Waals surface area contributed by atoms with E-state index >= 15 is 0 Å². The van der Waals surface area contributed by atoms with Gasteiger partial charge in [0.2, 0.25) is 11.8 Å². The highest BCUT2D eigenvalue weighted by Crippen LogP contribution is 2.36. The summed E-state index contributed by atoms with van der Waals surface area (Å²) < 4.78 is 6.78. The molecule has 1 N–H and O–H groups in total. The minimum absolute atomic E-state index is 0.217. The van der Waals surface area contributed by atoms with Crippen molar-refractivity contribution < 1.29 is 9.21 Å². The number of benzene rings is 3. The Morgan fingerprint density at radius 2 is 1.81 bits per heavy atom. The Labute approximate surface area is 193 Å². The molecule has 0 unspecified atom stereocenters. The van der Waals surface area contributed by atoms with Crippen molar-refractivity contribution in [1.29, 1.82) is 0 Å². The number of rotatable bonds is 5. The number of nitrogens with zero attached hydrogens (tertiary/aromatic N) is 2. The fourth-order valence-corrected chi connectivity index (χ4v) is 4.92. The minimum Gasteiger partial charge on any atom is -0.420 e. The lowest BCUT2D eigenvalue weighted by Gasteiger charge is -2.05. The Bertz CT molecular complexity index is 1410. The Morgan fingerprint density at radius 3 is 2.59 bits per heavy atom. The third kappa shape index (κ3) is 4.15. The van der Waals surface area contributed by atoms with Crippen LogP contribution in [0, 0.1) is 6.92 Å². The van der Waals surface area contributed by atoms with E-state index in [1.807, 2.05) is 79.7 Å². The number of anilines is 1. The smallest absolute Gasteiger partial charge is 0.267 e. The molecule has 0 aliphatic heterocycles. The normalized spacial score (nSPS) is 11.1. The average molecular weight is 460 g/mol. The molecule has 1 amide bonds. The summed E-state index contributed by atoms with van der Waals surface area (Å²) in [6.45, 7) is 2.02. The number of hydrogen-bond acceptors (Lipinski definition) is 5. The fourth-order valence-electron chi connectivity index (χ4n) is 3.41. The SMILES string of the molecule is Cc1ccc2c(Cl)c(C(=O)Nc3ccc(Cc4nnc(-c5ccccc5)o4)cc3)sc2c1. The number of amides is 1. The molecule has 5 aromatic rings. The molecule has 0 fully saturated rings. The maximum absolute atomic E-state index is 12.8. The first-order valence-corrected chi connectivity index (χ1v) is 11.2. The van der Waals surface area contributed by atoms with E-state index in [-0.39, 0.29) is 5.91 Å². The molecule has 158 valence electrons. The van der Waals surface area contributed by atoms with Gasteiger partial charge in [-0.25, -0.2) is 0 Å². The lowest BCUT2D eigenvalue weighted by Crippen LogP contribution is -2.10. The number of thiophene rings is 1. The van der Waals surface area contributed by atoms with Gasteiger partial charge < -0.3 is 9.73 Å². The monoisotopic (exact) mass is 459 g/mol. The zero-order valence-electron chi connectivity index (χ0n) is 17.1. The summed E-state index contributed by atoms with van der Waals surface area (Å²) >= 11 is 7.86. The molecule has 0 spiro atoms. The molecule has 0 saturated heterocycles. The van der Waals surface area contributed by atoms with E-state index in [4.69, 9.17) is 16.0 Å². The van der Waals surface area contributed by atoms with Gasteiger partial charge in [-0.3, -0.25) is 4.79 Å². The van der Waals surface area contributed by atoms with E-state index in [0.29, 0.717) is 33.8 Å². The molecule has 2 aromatic heterocycles. The molecule has 0 atom stereocenters. The summed E-state index contributed by atoms with van der Waals surface area (Å²) in [7, 11) is 0. The third-order valence-corrected chi connectivity index (χ3v) is 6.70. The first-order valence-electron chi connectivity index (χ1n) is 10.0. The molecular weight excluding hydrogens is 442 g/mol. The van der Waals surface area contributed by atoms with Crippen LogP contribution in [0.4, 0.5) is 5.69 Å². The van der Waals surface area contributed by atoms with Gasteiger partial charge >= 0.3 is 0 Å². The van der Waals surface area contributed by atoms with Crippen molar-refractivity contribution in [2.45, 2.75) is 13.3 Å². The molecule has 5 rings (SSSR count). The molecule has 7 heteroatoms. The van der Waals surface area contributed by atoms with Crippen molar-refractivity contribution in [3.63, 3.8) is 0 Å². The number of aryl methyl sites for hydroxylation is 1. The lowest BCUT2D eigenvalue weighted by molar-refractivity contribution is 0.103. The molecule has 3 aromatic carbocycles. The van der Waals surface area contributed by atoms with Crippen LogP contribution in [0.5, 0.6) is 0 Å². The molecule has 2 heterocycles. The fraction of sp³-hybridized carbons (Fsp3) is 0.0800. The summed E-state index contributed by atoms with van der Waals surface area (Å²) in [5.41, 5.74) is 3.72. The van der Waals surface area contributed by atoms with Gasteiger partial charge in [-0.05, 0) is 48.4 Å². The molecule has 0 radical (unpaired) electrons. The van der Waals surface area contributed by atoms with Crippen LogP contribution in [0.1, 0.15) is 26.7 Å². The van der Waals surface area contributed by atoms with Crippen molar-refractivity contribution >= 4 is 44.6 Å². The lowest BCUT2D eigenvalue weighted by atomic mass is 10.1. The second kappa shape index (κ2) is 8.57. The molecular formula is C25H18ClN3O2S. The Balaban J connectivity index is 1.28. The van der Waals surface area contributed by atoms with Crippen LogP contribution in [0.2, 0.25) is 5.02 Å². The van der Waals surface area contributed by atoms with Crippen molar-refractivity contribution in [3.8, 4) is 11.5 Å². The van der Waals surface area contributed by atoms with Crippen molar-refractivity contribution in [3.05, 3.63) is 99.7 Å². The van der Waals surface area contributed by atoms with E-state index in [9.17, 15) is 4.79 Å². The number of hydrogen-bond donors (Lipinski definition) is 1. The van der Waals surface area contributed by atoms with Crippen molar-refractivity contribution in [1.82, 2.24) is 10.2 Å². The number of halogens is 1. The summed E-state index contributed by atoms with van der Waals surface area (Å²) in [4.78, 5) is 13.3. The highest BCUT2D eigenvalue weighted by molar-refractivity contribution is 7.21. The van der Waals surface area contributed by atoms with E-state index in [0.717, 1.165) is 26.8 Å². The van der Waals surface area contributed by atoms with Crippen molar-refractivity contribution in [2.75, 3.05) is 5.32 Å². The topological polar surface area (TPSA) is 68.0 Å². The summed E-state index contributed by atoms with van der Waals surface area (Å²) in [5, 5.41) is 12.6. The molecule has 32 heavy (non-hydrogen) atoms. The van der Waals surface area contributed by atoms with Gasteiger partial charge in [0, 0.05) is 21.3 Å². The highest BCUT2D eigenvalue weighted by atomic mass is 35.5. The van der Waals surface area contributed by atoms with Gasteiger partial charge in [0.05, 0.1) is 11.4 Å². The van der Waals surface area contributed by atoms with Gasteiger partial charge in [0.15, 0.2) is 0 Å². The predicted molar refractivity (Wildman–Crippen MR) is 129 cm³/mol. The van der Waals surface area contributed by atoms with Gasteiger partial charge in [0.25, 0.3) is 5.91 Å². The first-order chi connectivity index (χ1) is 15.6. The van der Waals surface area contributed by atoms with E-state index < -0.39 is 0 Å². The summed E-state index contributed by atoms with van der Waals surface area (Å²) in [6.07, 6.45) is 0.509. The molecule has 0 saturated carbocycles. The van der Waals surface area contributed by atoms with E-state index in [2.05, 4.69) is 15.5 Å². The van der Waals surface area contributed by atoms with Crippen LogP contribution in [0.3, 0.4) is 0 Å². The number of carbonyl (C=O) groups is 1. The maximum Gasteiger partial charge on any atom is 0.267 e. The number of aromatic nitrogens is 2. The zero-order chi connectivity index (χ0) is 22.1. The van der Waals surface area contributed by atoms with Crippen LogP contribution < -0.4 is 5.32 Å². The second-order valence-corrected chi connectivity index (χ2v) is 8.87. The number of nitrogens with one attached hydrogen (secondary N) is 1. The maximum atomic E-state index is 12.8. The summed E-state index contributed by atoms with van der Waals surface area (Å²) in [6, 6.07) is 23.2. The second-order valence-electron chi connectivity index (χ2n) is 7.44. The van der Waals surface area contributed by atoms with Gasteiger partial charge in [-0.1, -0.05) is 54.1 Å². The van der Waals surface area contributed by atoms with Gasteiger partial charge in [-0.15, -0.1) is 21.5 Å². The average Bonchev–Trinajstić information content (AvgIpc) is 3.40. The van der Waals surface area contributed by atoms with E-state index in [1.54, 1.807) is 0 Å². The van der Waals surface area contributed by atoms with Crippen LogP contribution in [0.25, 0.3) is 21.5 Å². The molecule has 0 aliphatic rings. The van der Waals surface area contributed by atoms with Crippen LogP contribution in [0.15, 0.2) is 77.2 Å². The number of carbonyl (C=O) groups excluding carboxylic acids is 1. The standard InChI is InChI=1S/C25H18ClN3O2S/c1-15-7-12-19-20(13-15)32-23(22(19)26)24(30)27-18-10-8-16(9-11-18)14-21-28-29-25(31-21)17-5-3-2-4-6-17/h2-13H,14H2,1H3,(H,27,30). The Morgan fingerprint density at radius 1 is 1.03 bits per heavy atom. The van der Waals surface area contributed by atoms with Crippen LogP contribution in [-0.4, -0.2) is 16.1 Å². The van der Waals surface area contributed by atoms with Gasteiger partial charge in [-0.2, -0.15) is 0 Å². The third-order valence-electron chi connectivity index (χ3n) is 5.05. The summed E-state index contributed by atoms with van der Waals surface area (Å²) in [5.74, 6) is 0.818. The molecule has 0 aliphatic carbocycles. The van der Waals surface area contributed by atoms with E-state index in [1.165, 1.54) is 11.3 Å². The molecule has 5 nitrogen and oxygen atoms in total. The largest absolute Gasteiger partial charge is 0.420 e. The van der Waals surface area contributed by atoms with Crippen LogP contribution in [-0.2, 0) is 6.42 Å². The quantitative estimate of drug-likeness (QED) is 0.315. The predicted octanol–water partition coefficient (Wildman–Crippen LogP) is 6.76. The minimum atomic E-state index is -0.217. The van der Waals surface area contributed by atoms with Crippen LogP contribution >= 0.6 is 22.9 Å². The Kier molecular flexibility index (Phi) is 5.47. The zero-order valence-corrected chi connectivity index (χ0v) is 18.7.